The molecule has 3 rings (SSSR count). The summed E-state index contributed by atoms with van der Waals surface area (Å²) in [5.41, 5.74) is 0.928. The van der Waals surface area contributed by atoms with Crippen LogP contribution >= 0.6 is 0 Å². The van der Waals surface area contributed by atoms with Gasteiger partial charge in [0.1, 0.15) is 10.1 Å². The Morgan fingerprint density at radius 1 is 0.808 bits per heavy atom. The summed E-state index contributed by atoms with van der Waals surface area (Å²) in [6.07, 6.45) is 7.50. The summed E-state index contributed by atoms with van der Waals surface area (Å²) in [5.74, 6) is 0. The number of hydrogen-bond acceptors (Lipinski definition) is 4. The van der Waals surface area contributed by atoms with Gasteiger partial charge in [-0.15, -0.1) is 6.61 Å². The van der Waals surface area contributed by atoms with Crippen molar-refractivity contribution in [2.75, 3.05) is 6.61 Å². The van der Waals surface area contributed by atoms with Crippen molar-refractivity contribution in [3.63, 3.8) is 0 Å². The van der Waals surface area contributed by atoms with Crippen LogP contribution in [0.4, 0.5) is 0 Å². The van der Waals surface area contributed by atoms with Crippen molar-refractivity contribution in [3.05, 3.63) is 91.0 Å². The van der Waals surface area contributed by atoms with Gasteiger partial charge in [-0.05, 0) is 19.1 Å². The predicted octanol–water partition coefficient (Wildman–Crippen LogP) is 1.27. The van der Waals surface area contributed by atoms with E-state index in [4.69, 9.17) is 5.11 Å². The lowest BCUT2D eigenvalue weighted by Gasteiger charge is -2.05. The van der Waals surface area contributed by atoms with Gasteiger partial charge in [0.2, 0.25) is 0 Å². The minimum atomic E-state index is -4.27. The van der Waals surface area contributed by atoms with Crippen LogP contribution < -0.4 is 15.1 Å². The highest BCUT2D eigenvalue weighted by Crippen LogP contribution is 2.08. The van der Waals surface area contributed by atoms with Crippen LogP contribution in [0.1, 0.15) is 12.5 Å². The van der Waals surface area contributed by atoms with E-state index in [1.807, 2.05) is 68.1 Å². The zero-order chi connectivity index (χ0) is 19.7. The van der Waals surface area contributed by atoms with Crippen LogP contribution in [0.3, 0.4) is 0 Å². The number of nitrogens with one attached hydrogen (secondary N) is 2. The maximum Gasteiger partial charge on any atom is 0.166 e. The van der Waals surface area contributed by atoms with Crippen LogP contribution in [-0.4, -0.2) is 19.6 Å². The van der Waals surface area contributed by atoms with Crippen LogP contribution in [0.25, 0.3) is 0 Å². The summed E-state index contributed by atoms with van der Waals surface area (Å²) in [6, 6.07) is 17.5. The summed E-state index contributed by atoms with van der Waals surface area (Å²) in [6.45, 7) is 3.39. The molecule has 0 saturated carbocycles. The molecule has 1 aromatic carbocycles. The first kappa shape index (κ1) is 23.4. The third-order valence-corrected chi connectivity index (χ3v) is 3.37. The second-order valence-electron chi connectivity index (χ2n) is 4.71. The summed E-state index contributed by atoms with van der Waals surface area (Å²) >= 11 is 0. The van der Waals surface area contributed by atoms with Crippen LogP contribution in [-0.2, 0) is 10.1 Å². The Balaban J connectivity index is 0.000000355. The standard InChI is InChI=1S/C7H8O3S.2C5H5N.C2H5O/c1-6-2-4-7(5-3-6)11(8,9)10;2*1-2-4-6-5-3-1;1-2-3/h2-5H,1H3,(H,8,9,10);2*1-5H;2H2,1H3/q;;;-1/p+1. The Kier molecular flexibility index (Phi) is 13.2. The number of H-pyrrole nitrogens is 2. The molecule has 0 saturated heterocycles. The van der Waals surface area contributed by atoms with Gasteiger partial charge in [0, 0.05) is 24.3 Å². The molecule has 26 heavy (non-hydrogen) atoms. The first-order chi connectivity index (χ1) is 12.4. The van der Waals surface area contributed by atoms with E-state index in [2.05, 4.69) is 9.97 Å². The van der Waals surface area contributed by atoms with Crippen molar-refractivity contribution in [2.45, 2.75) is 18.7 Å². The molecule has 0 fully saturated rings. The molecule has 7 heteroatoms. The molecule has 0 radical (unpaired) electrons. The van der Waals surface area contributed by atoms with E-state index < -0.39 is 10.1 Å². The van der Waals surface area contributed by atoms with Gasteiger partial charge < -0.3 is 9.66 Å². The summed E-state index contributed by atoms with van der Waals surface area (Å²) < 4.78 is 31.2. The summed E-state index contributed by atoms with van der Waals surface area (Å²) in [5, 5.41) is 8.93. The zero-order valence-electron chi connectivity index (χ0n) is 14.8. The minimum Gasteiger partial charge on any atom is -0.855 e. The third kappa shape index (κ3) is 13.8. The van der Waals surface area contributed by atoms with E-state index in [1.54, 1.807) is 19.1 Å². The first-order valence-electron chi connectivity index (χ1n) is 7.84. The van der Waals surface area contributed by atoms with Crippen LogP contribution in [0.15, 0.2) is 90.3 Å². The number of aromatic amines is 2. The van der Waals surface area contributed by atoms with Crippen LogP contribution in [0.5, 0.6) is 0 Å². The average Bonchev–Trinajstić information content (AvgIpc) is 2.66. The molecule has 2 heterocycles. The molecule has 0 spiro atoms. The number of pyridine rings is 2. The Labute approximate surface area is 155 Å². The van der Waals surface area contributed by atoms with Gasteiger partial charge in [0.15, 0.2) is 24.8 Å². The summed E-state index contributed by atoms with van der Waals surface area (Å²) in [7, 11) is -4.27. The van der Waals surface area contributed by atoms with E-state index >= 15 is 0 Å². The van der Waals surface area contributed by atoms with Crippen molar-refractivity contribution < 1.29 is 28.0 Å². The Morgan fingerprint density at radius 3 is 1.35 bits per heavy atom. The zero-order valence-corrected chi connectivity index (χ0v) is 15.6. The molecule has 0 bridgehead atoms. The third-order valence-electron chi connectivity index (χ3n) is 2.52. The Bertz CT molecular complexity index is 681. The molecule has 0 amide bonds. The molecule has 3 aromatic rings. The van der Waals surface area contributed by atoms with E-state index in [1.165, 1.54) is 12.1 Å². The fourth-order valence-corrected chi connectivity index (χ4v) is 1.86. The highest BCUT2D eigenvalue weighted by Gasteiger charge is 1.97. The lowest BCUT2D eigenvalue weighted by Crippen LogP contribution is -1.97. The van der Waals surface area contributed by atoms with Gasteiger partial charge in [-0.1, -0.05) is 36.8 Å². The van der Waals surface area contributed by atoms with Crippen molar-refractivity contribution in [1.29, 1.82) is 0 Å². The van der Waals surface area contributed by atoms with Gasteiger partial charge in [-0.3, -0.25) is 0 Å². The number of rotatable bonds is 1. The van der Waals surface area contributed by atoms with Gasteiger partial charge in [0.05, 0.1) is 4.90 Å². The van der Waals surface area contributed by atoms with E-state index in [0.29, 0.717) is 0 Å². The topological polar surface area (TPSA) is 109 Å². The highest BCUT2D eigenvalue weighted by molar-refractivity contribution is 7.85. The smallest absolute Gasteiger partial charge is 0.166 e. The molecular weight excluding hydrogens is 352 g/mol. The normalized spacial score (nSPS) is 9.23. The largest absolute Gasteiger partial charge is 0.855 e. The number of benzene rings is 1. The van der Waals surface area contributed by atoms with Gasteiger partial charge in [0.25, 0.3) is 0 Å². The molecular formula is C19H24N2O4S. The molecule has 0 aliphatic rings. The second kappa shape index (κ2) is 14.7. The van der Waals surface area contributed by atoms with Gasteiger partial charge in [-0.2, -0.15) is 0 Å². The van der Waals surface area contributed by atoms with Crippen molar-refractivity contribution >= 4 is 10.1 Å². The highest BCUT2D eigenvalue weighted by atomic mass is 32.2. The van der Waals surface area contributed by atoms with Crippen molar-refractivity contribution in [2.24, 2.45) is 0 Å². The molecule has 0 aliphatic carbocycles. The summed E-state index contributed by atoms with van der Waals surface area (Å²) in [4.78, 5) is 5.61. The second-order valence-corrected chi connectivity index (χ2v) is 6.09. The van der Waals surface area contributed by atoms with Crippen molar-refractivity contribution in [3.8, 4) is 0 Å². The SMILES string of the molecule is CC[O-].Cc1ccc(S(=O)(=O)[O-])cc1.c1cc[nH+]cc1.c1cc[nH+]cc1. The monoisotopic (exact) mass is 376 g/mol. The molecule has 2 aromatic heterocycles. The maximum atomic E-state index is 10.4. The predicted molar refractivity (Wildman–Crippen MR) is 95.7 cm³/mol. The van der Waals surface area contributed by atoms with Crippen LogP contribution in [0.2, 0.25) is 0 Å². The van der Waals surface area contributed by atoms with Crippen LogP contribution in [0, 0.1) is 6.92 Å². The first-order valence-corrected chi connectivity index (χ1v) is 9.25. The number of hydrogen-bond donors (Lipinski definition) is 0. The maximum absolute atomic E-state index is 10.4. The number of aryl methyl sites for hydroxylation is 1. The molecule has 0 aliphatic heterocycles. The lowest BCUT2D eigenvalue weighted by atomic mass is 10.2. The van der Waals surface area contributed by atoms with E-state index in [-0.39, 0.29) is 11.5 Å². The molecule has 0 unspecified atom stereocenters. The fourth-order valence-electron chi connectivity index (χ4n) is 1.39. The minimum absolute atomic E-state index is 0. The number of aromatic nitrogens is 2. The van der Waals surface area contributed by atoms with E-state index in [0.717, 1.165) is 5.56 Å². The van der Waals surface area contributed by atoms with Gasteiger partial charge >= 0.3 is 0 Å². The average molecular weight is 376 g/mol. The lowest BCUT2D eigenvalue weighted by molar-refractivity contribution is -0.378. The molecule has 6 nitrogen and oxygen atoms in total. The quantitative estimate of drug-likeness (QED) is 0.596. The molecule has 0 atom stereocenters. The fraction of sp³-hybridized carbons (Fsp3) is 0.158. The van der Waals surface area contributed by atoms with E-state index in [9.17, 15) is 13.0 Å². The van der Waals surface area contributed by atoms with Crippen molar-refractivity contribution in [1.82, 2.24) is 0 Å². The van der Waals surface area contributed by atoms with Gasteiger partial charge in [-0.25, -0.2) is 18.4 Å². The Hall–Kier alpha value is -2.61. The molecule has 2 N–H and O–H groups in total. The molecule has 140 valence electrons. The Morgan fingerprint density at radius 2 is 1.15 bits per heavy atom.